The van der Waals surface area contributed by atoms with Gasteiger partial charge in [-0.2, -0.15) is 0 Å². The number of carboxylic acids is 1. The van der Waals surface area contributed by atoms with Gasteiger partial charge in [0.25, 0.3) is 5.69 Å². The van der Waals surface area contributed by atoms with Crippen molar-refractivity contribution in [3.8, 4) is 0 Å². The topological polar surface area (TPSA) is 121 Å². The molecular formula is C11H12N2O6. The summed E-state index contributed by atoms with van der Waals surface area (Å²) < 4.78 is 0. The molecule has 1 aromatic carbocycles. The van der Waals surface area contributed by atoms with Crippen molar-refractivity contribution in [2.24, 2.45) is 0 Å². The Labute approximate surface area is 108 Å². The standard InChI is InChI=1S/C11H12N2O6/c1-7(15)12(4-5-14)10-3-2-8(13(18)19)6-9(10)11(16)17/h2-3,6,14H,4-5H2,1H3,(H,16,17). The van der Waals surface area contributed by atoms with Crippen LogP contribution in [0.5, 0.6) is 0 Å². The van der Waals surface area contributed by atoms with Gasteiger partial charge in [-0.3, -0.25) is 14.9 Å². The van der Waals surface area contributed by atoms with Crippen molar-refractivity contribution >= 4 is 23.3 Å². The monoisotopic (exact) mass is 268 g/mol. The number of benzene rings is 1. The van der Waals surface area contributed by atoms with Crippen LogP contribution >= 0.6 is 0 Å². The van der Waals surface area contributed by atoms with Crippen LogP contribution in [-0.2, 0) is 4.79 Å². The first kappa shape index (κ1) is 14.6. The third kappa shape index (κ3) is 3.26. The zero-order valence-electron chi connectivity index (χ0n) is 10.1. The number of hydrogen-bond donors (Lipinski definition) is 2. The number of aliphatic hydroxyl groups is 1. The van der Waals surface area contributed by atoms with E-state index in [0.717, 1.165) is 17.0 Å². The Kier molecular flexibility index (Phi) is 4.54. The molecule has 0 saturated heterocycles. The average molecular weight is 268 g/mol. The molecule has 0 heterocycles. The lowest BCUT2D eigenvalue weighted by Crippen LogP contribution is -2.32. The predicted molar refractivity (Wildman–Crippen MR) is 65.2 cm³/mol. The van der Waals surface area contributed by atoms with E-state index >= 15 is 0 Å². The molecule has 8 heteroatoms. The highest BCUT2D eigenvalue weighted by Gasteiger charge is 2.21. The highest BCUT2D eigenvalue weighted by molar-refractivity contribution is 6.01. The Morgan fingerprint density at radius 1 is 1.42 bits per heavy atom. The molecule has 0 radical (unpaired) electrons. The first-order valence-corrected chi connectivity index (χ1v) is 5.29. The second-order valence-electron chi connectivity index (χ2n) is 3.66. The molecule has 2 N–H and O–H groups in total. The number of anilines is 1. The van der Waals surface area contributed by atoms with Gasteiger partial charge in [0.2, 0.25) is 5.91 Å². The third-order valence-corrected chi connectivity index (χ3v) is 2.42. The summed E-state index contributed by atoms with van der Waals surface area (Å²) in [5.74, 6) is -1.85. The molecule has 1 aromatic rings. The number of carbonyl (C=O) groups excluding carboxylic acids is 1. The number of rotatable bonds is 5. The molecule has 0 aliphatic heterocycles. The summed E-state index contributed by atoms with van der Waals surface area (Å²) >= 11 is 0. The molecule has 1 amide bonds. The largest absolute Gasteiger partial charge is 0.478 e. The van der Waals surface area contributed by atoms with Gasteiger partial charge in [-0.05, 0) is 6.07 Å². The Balaban J connectivity index is 3.36. The molecular weight excluding hydrogens is 256 g/mol. The van der Waals surface area contributed by atoms with Crippen LogP contribution in [0.3, 0.4) is 0 Å². The normalized spacial score (nSPS) is 10.0. The minimum Gasteiger partial charge on any atom is -0.478 e. The van der Waals surface area contributed by atoms with Crippen LogP contribution < -0.4 is 4.90 Å². The zero-order valence-corrected chi connectivity index (χ0v) is 10.1. The minimum atomic E-state index is -1.39. The number of nitro groups is 1. The lowest BCUT2D eigenvalue weighted by molar-refractivity contribution is -0.384. The van der Waals surface area contributed by atoms with Gasteiger partial charge in [-0.25, -0.2) is 4.79 Å². The highest BCUT2D eigenvalue weighted by atomic mass is 16.6. The minimum absolute atomic E-state index is 0.0136. The van der Waals surface area contributed by atoms with Gasteiger partial charge in [-0.1, -0.05) is 0 Å². The number of carboxylic acid groups (broad SMARTS) is 1. The maximum atomic E-state index is 11.4. The summed E-state index contributed by atoms with van der Waals surface area (Å²) in [6.45, 7) is 0.770. The van der Waals surface area contributed by atoms with Gasteiger partial charge >= 0.3 is 5.97 Å². The van der Waals surface area contributed by atoms with E-state index in [-0.39, 0.29) is 30.1 Å². The van der Waals surface area contributed by atoms with Crippen molar-refractivity contribution in [3.63, 3.8) is 0 Å². The van der Waals surface area contributed by atoms with Crippen molar-refractivity contribution in [3.05, 3.63) is 33.9 Å². The summed E-state index contributed by atoms with van der Waals surface area (Å²) in [6.07, 6.45) is 0. The summed E-state index contributed by atoms with van der Waals surface area (Å²) in [7, 11) is 0. The van der Waals surface area contributed by atoms with Crippen molar-refractivity contribution in [2.75, 3.05) is 18.1 Å². The predicted octanol–water partition coefficient (Wildman–Crippen LogP) is 0.638. The zero-order chi connectivity index (χ0) is 14.6. The maximum absolute atomic E-state index is 11.4. The number of nitrogens with zero attached hydrogens (tertiary/aromatic N) is 2. The quantitative estimate of drug-likeness (QED) is 0.597. The molecule has 19 heavy (non-hydrogen) atoms. The fourth-order valence-corrected chi connectivity index (χ4v) is 1.59. The Bertz CT molecular complexity index is 528. The molecule has 0 spiro atoms. The van der Waals surface area contributed by atoms with E-state index in [1.54, 1.807) is 0 Å². The molecule has 1 rings (SSSR count). The summed E-state index contributed by atoms with van der Waals surface area (Å²) in [5, 5.41) is 28.5. The van der Waals surface area contributed by atoms with E-state index in [9.17, 15) is 19.7 Å². The summed E-state index contributed by atoms with van der Waals surface area (Å²) in [6, 6.07) is 3.17. The fourth-order valence-electron chi connectivity index (χ4n) is 1.59. The molecule has 0 fully saturated rings. The average Bonchev–Trinajstić information content (AvgIpc) is 2.34. The van der Waals surface area contributed by atoms with Crippen molar-refractivity contribution < 1.29 is 24.7 Å². The lowest BCUT2D eigenvalue weighted by atomic mass is 10.1. The number of hydrogen-bond acceptors (Lipinski definition) is 5. The first-order valence-electron chi connectivity index (χ1n) is 5.29. The SMILES string of the molecule is CC(=O)N(CCO)c1ccc([N+](=O)[O-])cc1C(=O)O. The third-order valence-electron chi connectivity index (χ3n) is 2.42. The maximum Gasteiger partial charge on any atom is 0.338 e. The van der Waals surface area contributed by atoms with E-state index in [1.807, 2.05) is 0 Å². The number of amides is 1. The van der Waals surface area contributed by atoms with E-state index < -0.39 is 16.8 Å². The highest BCUT2D eigenvalue weighted by Crippen LogP contribution is 2.25. The van der Waals surface area contributed by atoms with E-state index in [0.29, 0.717) is 0 Å². The molecule has 102 valence electrons. The van der Waals surface area contributed by atoms with Gasteiger partial charge in [0.1, 0.15) is 0 Å². The van der Waals surface area contributed by atoms with Crippen LogP contribution in [0, 0.1) is 10.1 Å². The number of aliphatic hydroxyl groups excluding tert-OH is 1. The Morgan fingerprint density at radius 2 is 2.05 bits per heavy atom. The molecule has 8 nitrogen and oxygen atoms in total. The van der Waals surface area contributed by atoms with Crippen molar-refractivity contribution in [1.29, 1.82) is 0 Å². The van der Waals surface area contributed by atoms with Crippen LogP contribution in [0.1, 0.15) is 17.3 Å². The summed E-state index contributed by atoms with van der Waals surface area (Å²) in [4.78, 5) is 33.5. The van der Waals surface area contributed by atoms with Crippen LogP contribution in [0.15, 0.2) is 18.2 Å². The fraction of sp³-hybridized carbons (Fsp3) is 0.273. The molecule has 0 aliphatic carbocycles. The van der Waals surface area contributed by atoms with Gasteiger partial charge in [-0.15, -0.1) is 0 Å². The van der Waals surface area contributed by atoms with Gasteiger partial charge in [0, 0.05) is 25.6 Å². The van der Waals surface area contributed by atoms with Crippen molar-refractivity contribution in [2.45, 2.75) is 6.92 Å². The van der Waals surface area contributed by atoms with Crippen LogP contribution in [0.4, 0.5) is 11.4 Å². The Hall–Kier alpha value is -2.48. The molecule has 0 bridgehead atoms. The second-order valence-corrected chi connectivity index (χ2v) is 3.66. The molecule has 0 atom stereocenters. The number of non-ortho nitro benzene ring substituents is 1. The smallest absolute Gasteiger partial charge is 0.338 e. The van der Waals surface area contributed by atoms with E-state index in [4.69, 9.17) is 10.2 Å². The molecule has 0 aliphatic rings. The molecule has 0 saturated carbocycles. The van der Waals surface area contributed by atoms with Crippen LogP contribution in [0.2, 0.25) is 0 Å². The molecule has 0 unspecified atom stereocenters. The second kappa shape index (κ2) is 5.91. The van der Waals surface area contributed by atoms with Crippen molar-refractivity contribution in [1.82, 2.24) is 0 Å². The Morgan fingerprint density at radius 3 is 2.47 bits per heavy atom. The van der Waals surface area contributed by atoms with Crippen LogP contribution in [-0.4, -0.2) is 40.2 Å². The van der Waals surface area contributed by atoms with E-state index in [2.05, 4.69) is 0 Å². The van der Waals surface area contributed by atoms with E-state index in [1.165, 1.54) is 13.0 Å². The van der Waals surface area contributed by atoms with Gasteiger partial charge < -0.3 is 15.1 Å². The number of nitro benzene ring substituents is 1. The molecule has 0 aromatic heterocycles. The van der Waals surface area contributed by atoms with Gasteiger partial charge in [0.05, 0.1) is 22.8 Å². The van der Waals surface area contributed by atoms with Gasteiger partial charge in [0.15, 0.2) is 0 Å². The summed E-state index contributed by atoms with van der Waals surface area (Å²) in [5.41, 5.74) is -0.730. The van der Waals surface area contributed by atoms with Crippen LogP contribution in [0.25, 0.3) is 0 Å². The first-order chi connectivity index (χ1) is 8.88. The number of aromatic carboxylic acids is 1. The lowest BCUT2D eigenvalue weighted by Gasteiger charge is -2.21. The number of carbonyl (C=O) groups is 2.